The molecular formula is C22H21ClF3N5O2. The van der Waals surface area contributed by atoms with Crippen LogP contribution in [0.25, 0.3) is 11.4 Å². The highest BCUT2D eigenvalue weighted by molar-refractivity contribution is 6.30. The summed E-state index contributed by atoms with van der Waals surface area (Å²) in [5.41, 5.74) is -0.0108. The van der Waals surface area contributed by atoms with Crippen LogP contribution < -0.4 is 4.90 Å². The minimum Gasteiger partial charge on any atom is -0.355 e. The molecule has 1 saturated heterocycles. The molecule has 1 amide bonds. The Kier molecular flexibility index (Phi) is 6.83. The normalized spacial score (nSPS) is 14.9. The maximum atomic E-state index is 12.7. The first-order valence-electron chi connectivity index (χ1n) is 10.4. The minimum absolute atomic E-state index is 0.0385. The second-order valence-electron chi connectivity index (χ2n) is 7.64. The zero-order valence-corrected chi connectivity index (χ0v) is 18.3. The van der Waals surface area contributed by atoms with Crippen LogP contribution in [-0.4, -0.2) is 52.1 Å². The van der Waals surface area contributed by atoms with Crippen molar-refractivity contribution in [3.63, 3.8) is 0 Å². The molecule has 7 nitrogen and oxygen atoms in total. The van der Waals surface area contributed by atoms with Gasteiger partial charge in [-0.1, -0.05) is 16.8 Å². The average molecular weight is 480 g/mol. The van der Waals surface area contributed by atoms with E-state index < -0.39 is 11.7 Å². The second-order valence-corrected chi connectivity index (χ2v) is 8.08. The number of carbonyl (C=O) groups is 1. The van der Waals surface area contributed by atoms with Crippen molar-refractivity contribution in [2.24, 2.45) is 0 Å². The first-order valence-corrected chi connectivity index (χ1v) is 10.8. The third-order valence-corrected chi connectivity index (χ3v) is 5.62. The minimum atomic E-state index is -4.42. The number of nitrogens with zero attached hydrogens (tertiary/aromatic N) is 5. The van der Waals surface area contributed by atoms with Crippen LogP contribution in [0.4, 0.5) is 19.0 Å². The lowest BCUT2D eigenvalue weighted by Crippen LogP contribution is -2.35. The number of alkyl halides is 3. The van der Waals surface area contributed by atoms with Crippen molar-refractivity contribution in [3.05, 3.63) is 59.1 Å². The van der Waals surface area contributed by atoms with E-state index in [1.54, 1.807) is 29.2 Å². The van der Waals surface area contributed by atoms with E-state index in [-0.39, 0.29) is 12.3 Å². The number of pyridine rings is 1. The Hall–Kier alpha value is -3.14. The van der Waals surface area contributed by atoms with Gasteiger partial charge in [0.2, 0.25) is 17.6 Å². The fraction of sp³-hybridized carbons (Fsp3) is 0.364. The first kappa shape index (κ1) is 23.0. The molecular weight excluding hydrogens is 459 g/mol. The van der Waals surface area contributed by atoms with E-state index in [0.717, 1.165) is 17.8 Å². The summed E-state index contributed by atoms with van der Waals surface area (Å²) in [6.07, 6.45) is -2.34. The fourth-order valence-corrected chi connectivity index (χ4v) is 3.71. The lowest BCUT2D eigenvalue weighted by atomic mass is 10.2. The molecule has 1 fully saturated rings. The van der Waals surface area contributed by atoms with Gasteiger partial charge in [0.15, 0.2) is 0 Å². The van der Waals surface area contributed by atoms with Gasteiger partial charge in [-0.05, 0) is 42.8 Å². The van der Waals surface area contributed by atoms with Crippen LogP contribution in [0.5, 0.6) is 0 Å². The fourth-order valence-electron chi connectivity index (χ4n) is 3.58. The van der Waals surface area contributed by atoms with E-state index in [1.165, 1.54) is 6.07 Å². The van der Waals surface area contributed by atoms with E-state index in [9.17, 15) is 18.0 Å². The summed E-state index contributed by atoms with van der Waals surface area (Å²) in [6, 6.07) is 9.44. The number of amides is 1. The zero-order valence-electron chi connectivity index (χ0n) is 17.6. The van der Waals surface area contributed by atoms with Crippen LogP contribution in [0, 0.1) is 0 Å². The van der Waals surface area contributed by atoms with E-state index in [1.807, 2.05) is 4.90 Å². The number of hydrogen-bond donors (Lipinski definition) is 0. The number of anilines is 1. The van der Waals surface area contributed by atoms with Crippen LogP contribution in [0.2, 0.25) is 5.02 Å². The third-order valence-electron chi connectivity index (χ3n) is 5.37. The molecule has 4 rings (SSSR count). The Bertz CT molecular complexity index is 1090. The van der Waals surface area contributed by atoms with Crippen LogP contribution in [0.1, 0.15) is 24.3 Å². The van der Waals surface area contributed by atoms with Crippen molar-refractivity contribution in [2.75, 3.05) is 31.1 Å². The number of aromatic nitrogens is 3. The molecule has 0 bridgehead atoms. The number of carbonyl (C=O) groups excluding carboxylic acids is 1. The van der Waals surface area contributed by atoms with Crippen molar-refractivity contribution >= 4 is 23.3 Å². The Balaban J connectivity index is 1.30. The Morgan fingerprint density at radius 2 is 1.85 bits per heavy atom. The lowest BCUT2D eigenvalue weighted by molar-refractivity contribution is -0.137. The van der Waals surface area contributed by atoms with Gasteiger partial charge in [0, 0.05) is 55.8 Å². The van der Waals surface area contributed by atoms with Gasteiger partial charge >= 0.3 is 6.18 Å². The quantitative estimate of drug-likeness (QED) is 0.537. The van der Waals surface area contributed by atoms with Gasteiger partial charge in [-0.15, -0.1) is 0 Å². The maximum Gasteiger partial charge on any atom is 0.417 e. The van der Waals surface area contributed by atoms with Crippen LogP contribution in [0.3, 0.4) is 0 Å². The molecule has 0 saturated carbocycles. The number of aryl methyl sites for hydroxylation is 1. The largest absolute Gasteiger partial charge is 0.417 e. The van der Waals surface area contributed by atoms with Gasteiger partial charge in [0.1, 0.15) is 5.82 Å². The highest BCUT2D eigenvalue weighted by atomic mass is 35.5. The second kappa shape index (κ2) is 9.78. The monoisotopic (exact) mass is 479 g/mol. The Morgan fingerprint density at radius 1 is 1.06 bits per heavy atom. The smallest absolute Gasteiger partial charge is 0.355 e. The summed E-state index contributed by atoms with van der Waals surface area (Å²) in [4.78, 5) is 24.6. The Morgan fingerprint density at radius 3 is 2.55 bits per heavy atom. The van der Waals surface area contributed by atoms with Crippen molar-refractivity contribution in [2.45, 2.75) is 25.4 Å². The predicted octanol–water partition coefficient (Wildman–Crippen LogP) is 4.48. The topological polar surface area (TPSA) is 75.4 Å². The molecule has 1 aromatic carbocycles. The molecule has 1 aliphatic heterocycles. The van der Waals surface area contributed by atoms with Crippen LogP contribution in [-0.2, 0) is 17.4 Å². The molecule has 0 aliphatic carbocycles. The molecule has 0 N–H and O–H groups in total. The highest BCUT2D eigenvalue weighted by Gasteiger charge is 2.31. The SMILES string of the molecule is O=C(CCc1nc(-c2ccc(Cl)cc2)no1)N1CCCN(c2ccc(C(F)(F)F)cn2)CC1. The molecule has 33 heavy (non-hydrogen) atoms. The predicted molar refractivity (Wildman–Crippen MR) is 116 cm³/mol. The van der Waals surface area contributed by atoms with Gasteiger partial charge < -0.3 is 14.3 Å². The van der Waals surface area contributed by atoms with E-state index in [2.05, 4.69) is 15.1 Å². The van der Waals surface area contributed by atoms with Crippen molar-refractivity contribution in [1.82, 2.24) is 20.0 Å². The molecule has 2 aromatic heterocycles. The molecule has 174 valence electrons. The van der Waals surface area contributed by atoms with Crippen molar-refractivity contribution in [1.29, 1.82) is 0 Å². The van der Waals surface area contributed by atoms with Crippen LogP contribution >= 0.6 is 11.6 Å². The maximum absolute atomic E-state index is 12.7. The van der Waals surface area contributed by atoms with E-state index in [0.29, 0.717) is 61.6 Å². The summed E-state index contributed by atoms with van der Waals surface area (Å²) < 4.78 is 43.5. The van der Waals surface area contributed by atoms with Crippen molar-refractivity contribution in [3.8, 4) is 11.4 Å². The van der Waals surface area contributed by atoms with Crippen LogP contribution in [0.15, 0.2) is 47.1 Å². The number of hydrogen-bond acceptors (Lipinski definition) is 6. The summed E-state index contributed by atoms with van der Waals surface area (Å²) in [6.45, 7) is 2.12. The van der Waals surface area contributed by atoms with Gasteiger partial charge in [0.05, 0.1) is 5.56 Å². The van der Waals surface area contributed by atoms with E-state index >= 15 is 0 Å². The lowest BCUT2D eigenvalue weighted by Gasteiger charge is -2.23. The molecule has 1 aliphatic rings. The highest BCUT2D eigenvalue weighted by Crippen LogP contribution is 2.29. The summed E-state index contributed by atoms with van der Waals surface area (Å²) >= 11 is 5.89. The summed E-state index contributed by atoms with van der Waals surface area (Å²) in [7, 11) is 0. The third kappa shape index (κ3) is 5.81. The van der Waals surface area contributed by atoms with E-state index in [4.69, 9.17) is 16.1 Å². The van der Waals surface area contributed by atoms with Crippen molar-refractivity contribution < 1.29 is 22.5 Å². The molecule has 0 atom stereocenters. The molecule has 0 radical (unpaired) electrons. The number of benzene rings is 1. The average Bonchev–Trinajstić information content (AvgIpc) is 3.13. The molecule has 11 heteroatoms. The first-order chi connectivity index (χ1) is 15.8. The molecule has 3 aromatic rings. The molecule has 0 unspecified atom stereocenters. The number of halogens is 4. The Labute approximate surface area is 193 Å². The zero-order chi connectivity index (χ0) is 23.4. The van der Waals surface area contributed by atoms with Gasteiger partial charge in [0.25, 0.3) is 0 Å². The summed E-state index contributed by atoms with van der Waals surface area (Å²) in [5, 5.41) is 4.56. The molecule has 0 spiro atoms. The van der Waals surface area contributed by atoms with Gasteiger partial charge in [-0.2, -0.15) is 18.2 Å². The molecule has 3 heterocycles. The summed E-state index contributed by atoms with van der Waals surface area (Å²) in [5.74, 6) is 1.24. The number of rotatable bonds is 5. The standard InChI is InChI=1S/C22H21ClF3N5O2/c23-17-5-2-15(3-6-17)21-28-19(33-29-21)8-9-20(32)31-11-1-10-30(12-13-31)18-7-4-16(14-27-18)22(24,25)26/h2-7,14H,1,8-13H2. The van der Waals surface area contributed by atoms with Gasteiger partial charge in [-0.3, -0.25) is 4.79 Å². The van der Waals surface area contributed by atoms with Gasteiger partial charge in [-0.25, -0.2) is 4.98 Å².